The van der Waals surface area contributed by atoms with Crippen LogP contribution in [0.3, 0.4) is 0 Å². The van der Waals surface area contributed by atoms with Crippen molar-refractivity contribution in [3.05, 3.63) is 35.5 Å². The fourth-order valence-corrected chi connectivity index (χ4v) is 1.97. The molecule has 0 unspecified atom stereocenters. The Morgan fingerprint density at radius 3 is 2.17 bits per heavy atom. The van der Waals surface area contributed by atoms with Crippen LogP contribution in [0.4, 0.5) is 13.2 Å². The van der Waals surface area contributed by atoms with Crippen LogP contribution in [0.15, 0.2) is 35.5 Å². The van der Waals surface area contributed by atoms with E-state index in [1.807, 2.05) is 0 Å². The fraction of sp³-hybridized carbons (Fsp3) is 0.167. The van der Waals surface area contributed by atoms with Crippen LogP contribution in [0.1, 0.15) is 0 Å². The lowest BCUT2D eigenvalue weighted by atomic mass is 10.2. The van der Waals surface area contributed by atoms with E-state index in [1.54, 1.807) is 29.1 Å². The molecule has 2 rings (SSSR count). The number of halogens is 4. The molecule has 0 aliphatic rings. The Kier molecular flexibility index (Phi) is 6.25. The molecular formula is C12H9BrF3N3O4. The molecule has 23 heavy (non-hydrogen) atoms. The molecule has 0 radical (unpaired) electrons. The van der Waals surface area contributed by atoms with E-state index < -0.39 is 18.1 Å². The third-order valence-electron chi connectivity index (χ3n) is 2.29. The Balaban J connectivity index is 0.000000322. The van der Waals surface area contributed by atoms with E-state index in [9.17, 15) is 18.0 Å². The molecule has 0 bridgehead atoms. The van der Waals surface area contributed by atoms with E-state index in [1.165, 1.54) is 6.33 Å². The van der Waals surface area contributed by atoms with E-state index in [0.29, 0.717) is 4.60 Å². The van der Waals surface area contributed by atoms with E-state index in [0.717, 1.165) is 11.3 Å². The highest BCUT2D eigenvalue weighted by Gasteiger charge is 2.38. The predicted molar refractivity (Wildman–Crippen MR) is 74.5 cm³/mol. The highest BCUT2D eigenvalue weighted by Crippen LogP contribution is 2.26. The van der Waals surface area contributed by atoms with Crippen molar-refractivity contribution in [2.45, 2.75) is 12.7 Å². The second-order valence-corrected chi connectivity index (χ2v) is 4.70. The van der Waals surface area contributed by atoms with Crippen molar-refractivity contribution < 1.29 is 33.0 Å². The summed E-state index contributed by atoms with van der Waals surface area (Å²) in [6.07, 6.45) is -0.284. The Labute approximate surface area is 135 Å². The van der Waals surface area contributed by atoms with Crippen molar-refractivity contribution in [1.82, 2.24) is 14.5 Å². The summed E-state index contributed by atoms with van der Waals surface area (Å²) in [6.45, 7) is -0.115. The van der Waals surface area contributed by atoms with Crippen molar-refractivity contribution in [2.24, 2.45) is 0 Å². The highest BCUT2D eigenvalue weighted by molar-refractivity contribution is 9.10. The lowest BCUT2D eigenvalue weighted by molar-refractivity contribution is -0.192. The standard InChI is InChI=1S/C10H8BrN3O2.C2HF3O2/c11-10-9(7-1-3-12-4-2-7)14(6-13-10)5-8(15)16;3-2(4,5)1(6)7/h1-4,6H,5H2,(H,15,16);(H,6,7). The smallest absolute Gasteiger partial charge is 0.480 e. The minimum absolute atomic E-state index is 0.115. The van der Waals surface area contributed by atoms with E-state index >= 15 is 0 Å². The Morgan fingerprint density at radius 2 is 1.74 bits per heavy atom. The summed E-state index contributed by atoms with van der Waals surface area (Å²) in [5.41, 5.74) is 1.62. The van der Waals surface area contributed by atoms with Crippen LogP contribution in [0.2, 0.25) is 0 Å². The van der Waals surface area contributed by atoms with Gasteiger partial charge in [-0.1, -0.05) is 0 Å². The molecular weight excluding hydrogens is 387 g/mol. The summed E-state index contributed by atoms with van der Waals surface area (Å²) >= 11 is 3.30. The molecule has 2 aromatic rings. The first-order chi connectivity index (χ1) is 10.6. The SMILES string of the molecule is O=C(O)C(F)(F)F.O=C(O)Cn1cnc(Br)c1-c1ccncc1. The van der Waals surface area contributed by atoms with Gasteiger partial charge in [0.05, 0.1) is 12.0 Å². The summed E-state index contributed by atoms with van der Waals surface area (Å²) in [6, 6.07) is 3.61. The lowest BCUT2D eigenvalue weighted by Crippen LogP contribution is -2.21. The van der Waals surface area contributed by atoms with E-state index in [4.69, 9.17) is 15.0 Å². The normalized spacial score (nSPS) is 10.6. The average molecular weight is 396 g/mol. The van der Waals surface area contributed by atoms with Crippen LogP contribution in [0, 0.1) is 0 Å². The molecule has 0 saturated heterocycles. The van der Waals surface area contributed by atoms with Crippen molar-refractivity contribution >= 4 is 27.9 Å². The second kappa shape index (κ2) is 7.72. The van der Waals surface area contributed by atoms with Gasteiger partial charge < -0.3 is 14.8 Å². The zero-order chi connectivity index (χ0) is 17.6. The van der Waals surface area contributed by atoms with Gasteiger partial charge in [-0.15, -0.1) is 0 Å². The molecule has 2 heterocycles. The Bertz CT molecular complexity index is 689. The molecule has 0 atom stereocenters. The molecule has 11 heteroatoms. The van der Waals surface area contributed by atoms with Gasteiger partial charge in [0.1, 0.15) is 11.1 Å². The van der Waals surface area contributed by atoms with Crippen LogP contribution in [0.25, 0.3) is 11.3 Å². The maximum absolute atomic E-state index is 10.7. The average Bonchev–Trinajstić information content (AvgIpc) is 2.79. The maximum atomic E-state index is 10.7. The largest absolute Gasteiger partial charge is 0.490 e. The third-order valence-corrected chi connectivity index (χ3v) is 2.88. The number of rotatable bonds is 3. The quantitative estimate of drug-likeness (QED) is 0.826. The molecule has 0 spiro atoms. The number of hydrogen-bond donors (Lipinski definition) is 2. The van der Waals surface area contributed by atoms with Gasteiger partial charge in [-0.05, 0) is 28.1 Å². The number of hydrogen-bond acceptors (Lipinski definition) is 4. The first-order valence-corrected chi connectivity index (χ1v) is 6.55. The summed E-state index contributed by atoms with van der Waals surface area (Å²) < 4.78 is 33.9. The molecule has 0 saturated carbocycles. The summed E-state index contributed by atoms with van der Waals surface area (Å²) in [5.74, 6) is -3.66. The minimum atomic E-state index is -5.08. The molecule has 2 N–H and O–H groups in total. The molecule has 0 amide bonds. The first kappa shape index (κ1) is 18.6. The van der Waals surface area contributed by atoms with Crippen molar-refractivity contribution in [1.29, 1.82) is 0 Å². The molecule has 2 aromatic heterocycles. The van der Waals surface area contributed by atoms with Crippen molar-refractivity contribution in [3.8, 4) is 11.3 Å². The Hall–Kier alpha value is -2.43. The number of nitrogens with zero attached hydrogens (tertiary/aromatic N) is 3. The van der Waals surface area contributed by atoms with E-state index in [2.05, 4.69) is 25.9 Å². The second-order valence-electron chi connectivity index (χ2n) is 3.94. The first-order valence-electron chi connectivity index (χ1n) is 5.76. The topological polar surface area (TPSA) is 105 Å². The number of carboxylic acids is 2. The highest BCUT2D eigenvalue weighted by atomic mass is 79.9. The number of carbonyl (C=O) groups is 2. The van der Waals surface area contributed by atoms with Crippen LogP contribution < -0.4 is 0 Å². The summed E-state index contributed by atoms with van der Waals surface area (Å²) in [5, 5.41) is 15.9. The number of pyridine rings is 1. The van der Waals surface area contributed by atoms with Crippen LogP contribution >= 0.6 is 15.9 Å². The number of imidazole rings is 1. The summed E-state index contributed by atoms with van der Waals surface area (Å²) in [7, 11) is 0. The molecule has 124 valence electrons. The Morgan fingerprint density at radius 1 is 1.22 bits per heavy atom. The van der Waals surface area contributed by atoms with Gasteiger partial charge in [0.15, 0.2) is 0 Å². The molecule has 7 nitrogen and oxygen atoms in total. The number of aliphatic carboxylic acids is 2. The van der Waals surface area contributed by atoms with Gasteiger partial charge in [-0.2, -0.15) is 13.2 Å². The number of alkyl halides is 3. The molecule has 0 fully saturated rings. The van der Waals surface area contributed by atoms with Crippen LogP contribution in [0.5, 0.6) is 0 Å². The van der Waals surface area contributed by atoms with Crippen LogP contribution in [-0.4, -0.2) is 42.9 Å². The predicted octanol–water partition coefficient (Wildman–Crippen LogP) is 2.43. The molecule has 0 aliphatic carbocycles. The van der Waals surface area contributed by atoms with Gasteiger partial charge in [-0.25, -0.2) is 9.78 Å². The van der Waals surface area contributed by atoms with Gasteiger partial charge in [-0.3, -0.25) is 9.78 Å². The fourth-order valence-electron chi connectivity index (χ4n) is 1.42. The van der Waals surface area contributed by atoms with Gasteiger partial charge >= 0.3 is 18.1 Å². The van der Waals surface area contributed by atoms with Gasteiger partial charge in [0, 0.05) is 18.0 Å². The third kappa shape index (κ3) is 5.70. The zero-order valence-corrected chi connectivity index (χ0v) is 12.7. The van der Waals surface area contributed by atoms with E-state index in [-0.39, 0.29) is 6.54 Å². The number of aromatic nitrogens is 3. The summed E-state index contributed by atoms with van der Waals surface area (Å²) in [4.78, 5) is 27.5. The zero-order valence-electron chi connectivity index (χ0n) is 11.2. The van der Waals surface area contributed by atoms with Crippen molar-refractivity contribution in [2.75, 3.05) is 0 Å². The van der Waals surface area contributed by atoms with Crippen molar-refractivity contribution in [3.63, 3.8) is 0 Å². The lowest BCUT2D eigenvalue weighted by Gasteiger charge is -2.05. The van der Waals surface area contributed by atoms with Gasteiger partial charge in [0.25, 0.3) is 0 Å². The molecule has 0 aromatic carbocycles. The maximum Gasteiger partial charge on any atom is 0.490 e. The minimum Gasteiger partial charge on any atom is -0.480 e. The monoisotopic (exact) mass is 395 g/mol. The molecule has 0 aliphatic heterocycles. The number of carboxylic acid groups (broad SMARTS) is 2. The van der Waals surface area contributed by atoms with Crippen LogP contribution in [-0.2, 0) is 16.1 Å². The van der Waals surface area contributed by atoms with Gasteiger partial charge in [0.2, 0.25) is 0 Å².